The van der Waals surface area contributed by atoms with E-state index in [9.17, 15) is 0 Å². The van der Waals surface area contributed by atoms with Crippen LogP contribution in [0.15, 0.2) is 0 Å². The molecule has 2 nitrogen and oxygen atoms in total. The van der Waals surface area contributed by atoms with Crippen LogP contribution in [0.5, 0.6) is 0 Å². The Morgan fingerprint density at radius 3 is 2.08 bits per heavy atom. The van der Waals surface area contributed by atoms with Gasteiger partial charge in [-0.15, -0.1) is 0 Å². The molecule has 1 atom stereocenters. The van der Waals surface area contributed by atoms with Gasteiger partial charge in [-0.25, -0.2) is 0 Å². The second kappa shape index (κ2) is 10.0. The minimum absolute atomic E-state index is 0.523. The summed E-state index contributed by atoms with van der Waals surface area (Å²) in [5, 5.41) is 6.57. The van der Waals surface area contributed by atoms with Gasteiger partial charge in [0.2, 0.25) is 0 Å². The lowest BCUT2D eigenvalue weighted by molar-refractivity contribution is 0.352. The van der Waals surface area contributed by atoms with Gasteiger partial charge >= 0.3 is 0 Å². The predicted molar refractivity (Wildman–Crippen MR) is 62.2 cm³/mol. The maximum absolute atomic E-state index is 3.36. The van der Waals surface area contributed by atoms with Crippen molar-refractivity contribution in [2.45, 2.75) is 41.0 Å². The van der Waals surface area contributed by atoms with Gasteiger partial charge < -0.3 is 10.6 Å². The topological polar surface area (TPSA) is 24.1 Å². The monoisotopic (exact) mass is 188 g/mol. The molecule has 1 aliphatic rings. The molecular formula is C11H28N2. The Hall–Kier alpha value is -0.0800. The molecule has 1 aliphatic heterocycles. The third-order valence-corrected chi connectivity index (χ3v) is 2.06. The average molecular weight is 188 g/mol. The SMILES string of the molecule is CC.CC.CNCC1(C)CCNC1. The van der Waals surface area contributed by atoms with Crippen molar-refractivity contribution in [1.29, 1.82) is 0 Å². The zero-order chi connectivity index (χ0) is 10.7. The van der Waals surface area contributed by atoms with Crippen LogP contribution in [0, 0.1) is 5.41 Å². The van der Waals surface area contributed by atoms with Gasteiger partial charge in [0.05, 0.1) is 0 Å². The largest absolute Gasteiger partial charge is 0.319 e. The third-order valence-electron chi connectivity index (χ3n) is 2.06. The first-order valence-corrected chi connectivity index (χ1v) is 5.62. The van der Waals surface area contributed by atoms with Crippen molar-refractivity contribution in [1.82, 2.24) is 10.6 Å². The predicted octanol–water partition coefficient (Wildman–Crippen LogP) is 2.26. The normalized spacial score (nSPS) is 25.4. The molecule has 13 heavy (non-hydrogen) atoms. The van der Waals surface area contributed by atoms with Crippen molar-refractivity contribution >= 4 is 0 Å². The summed E-state index contributed by atoms with van der Waals surface area (Å²) >= 11 is 0. The van der Waals surface area contributed by atoms with Crippen LogP contribution >= 0.6 is 0 Å². The molecule has 0 aliphatic carbocycles. The van der Waals surface area contributed by atoms with Crippen LogP contribution < -0.4 is 10.6 Å². The smallest absolute Gasteiger partial charge is 0.00178 e. The molecule has 1 unspecified atom stereocenters. The number of rotatable bonds is 2. The summed E-state index contributed by atoms with van der Waals surface area (Å²) in [5.41, 5.74) is 0.523. The summed E-state index contributed by atoms with van der Waals surface area (Å²) < 4.78 is 0. The molecular weight excluding hydrogens is 160 g/mol. The summed E-state index contributed by atoms with van der Waals surface area (Å²) in [6.07, 6.45) is 1.31. The van der Waals surface area contributed by atoms with E-state index in [1.165, 1.54) is 19.5 Å². The lowest BCUT2D eigenvalue weighted by atomic mass is 9.90. The average Bonchev–Trinajstić information content (AvgIpc) is 2.60. The quantitative estimate of drug-likeness (QED) is 0.694. The molecule has 0 bridgehead atoms. The van der Waals surface area contributed by atoms with E-state index in [2.05, 4.69) is 17.6 Å². The van der Waals surface area contributed by atoms with E-state index in [0.29, 0.717) is 5.41 Å². The van der Waals surface area contributed by atoms with E-state index in [-0.39, 0.29) is 0 Å². The molecule has 0 saturated carbocycles. The maximum atomic E-state index is 3.36. The van der Waals surface area contributed by atoms with Gasteiger partial charge in [0, 0.05) is 13.1 Å². The molecule has 0 amide bonds. The summed E-state index contributed by atoms with van der Waals surface area (Å²) in [6.45, 7) is 13.8. The Morgan fingerprint density at radius 2 is 1.77 bits per heavy atom. The first kappa shape index (κ1) is 15.4. The van der Waals surface area contributed by atoms with Crippen LogP contribution in [-0.4, -0.2) is 26.7 Å². The molecule has 82 valence electrons. The highest BCUT2D eigenvalue weighted by Crippen LogP contribution is 2.22. The highest BCUT2D eigenvalue weighted by Gasteiger charge is 2.26. The molecule has 0 radical (unpaired) electrons. The maximum Gasteiger partial charge on any atom is 0.00178 e. The van der Waals surface area contributed by atoms with Crippen LogP contribution in [0.1, 0.15) is 41.0 Å². The second-order valence-electron chi connectivity index (χ2n) is 3.27. The molecule has 0 spiro atoms. The standard InChI is InChI=1S/C7H16N2.2C2H6/c1-7(5-8-2)3-4-9-6-7;2*1-2/h8-9H,3-6H2,1-2H3;2*1-2H3. The van der Waals surface area contributed by atoms with Crippen LogP contribution in [0.25, 0.3) is 0 Å². The van der Waals surface area contributed by atoms with Crippen molar-refractivity contribution in [2.24, 2.45) is 5.41 Å². The van der Waals surface area contributed by atoms with Crippen molar-refractivity contribution in [3.8, 4) is 0 Å². The molecule has 1 heterocycles. The van der Waals surface area contributed by atoms with Crippen LogP contribution in [0.2, 0.25) is 0 Å². The Bertz CT molecular complexity index is 86.1. The fraction of sp³-hybridized carbons (Fsp3) is 1.00. The Kier molecular flexibility index (Phi) is 11.8. The number of nitrogens with one attached hydrogen (secondary N) is 2. The van der Waals surface area contributed by atoms with E-state index in [0.717, 1.165) is 6.54 Å². The summed E-state index contributed by atoms with van der Waals surface area (Å²) in [6, 6.07) is 0. The van der Waals surface area contributed by atoms with E-state index >= 15 is 0 Å². The summed E-state index contributed by atoms with van der Waals surface area (Å²) in [4.78, 5) is 0. The van der Waals surface area contributed by atoms with Gasteiger partial charge in [-0.1, -0.05) is 34.6 Å². The van der Waals surface area contributed by atoms with Crippen molar-refractivity contribution in [2.75, 3.05) is 26.7 Å². The molecule has 0 aromatic rings. The van der Waals surface area contributed by atoms with Gasteiger partial charge in [0.1, 0.15) is 0 Å². The Labute approximate surface area is 84.5 Å². The molecule has 2 N–H and O–H groups in total. The van der Waals surface area contributed by atoms with E-state index in [1.807, 2.05) is 34.7 Å². The minimum atomic E-state index is 0.523. The van der Waals surface area contributed by atoms with E-state index in [1.54, 1.807) is 0 Å². The molecule has 0 aromatic carbocycles. The zero-order valence-electron chi connectivity index (χ0n) is 10.3. The lowest BCUT2D eigenvalue weighted by Gasteiger charge is -2.21. The van der Waals surface area contributed by atoms with E-state index in [4.69, 9.17) is 0 Å². The highest BCUT2D eigenvalue weighted by molar-refractivity contribution is 4.84. The number of hydrogen-bond acceptors (Lipinski definition) is 2. The van der Waals surface area contributed by atoms with Gasteiger partial charge in [0.25, 0.3) is 0 Å². The molecule has 2 heteroatoms. The second-order valence-corrected chi connectivity index (χ2v) is 3.27. The van der Waals surface area contributed by atoms with Crippen LogP contribution in [-0.2, 0) is 0 Å². The molecule has 0 aromatic heterocycles. The molecule has 1 rings (SSSR count). The molecule has 1 fully saturated rings. The fourth-order valence-electron chi connectivity index (χ4n) is 1.45. The highest BCUT2D eigenvalue weighted by atomic mass is 14.9. The lowest BCUT2D eigenvalue weighted by Crippen LogP contribution is -2.31. The number of hydrogen-bond donors (Lipinski definition) is 2. The first-order valence-electron chi connectivity index (χ1n) is 5.62. The third kappa shape index (κ3) is 7.03. The summed E-state index contributed by atoms with van der Waals surface area (Å²) in [7, 11) is 2.02. The van der Waals surface area contributed by atoms with Gasteiger partial charge in [0.15, 0.2) is 0 Å². The Morgan fingerprint density at radius 1 is 1.23 bits per heavy atom. The zero-order valence-corrected chi connectivity index (χ0v) is 10.3. The summed E-state index contributed by atoms with van der Waals surface area (Å²) in [5.74, 6) is 0. The van der Waals surface area contributed by atoms with Crippen LogP contribution in [0.3, 0.4) is 0 Å². The fourth-order valence-corrected chi connectivity index (χ4v) is 1.45. The minimum Gasteiger partial charge on any atom is -0.319 e. The van der Waals surface area contributed by atoms with Crippen molar-refractivity contribution in [3.63, 3.8) is 0 Å². The van der Waals surface area contributed by atoms with Gasteiger partial charge in [-0.3, -0.25) is 0 Å². The molecule has 1 saturated heterocycles. The van der Waals surface area contributed by atoms with Crippen LogP contribution in [0.4, 0.5) is 0 Å². The first-order chi connectivity index (χ1) is 6.27. The Balaban J connectivity index is 0. The van der Waals surface area contributed by atoms with Gasteiger partial charge in [-0.2, -0.15) is 0 Å². The van der Waals surface area contributed by atoms with Gasteiger partial charge in [-0.05, 0) is 25.4 Å². The van der Waals surface area contributed by atoms with E-state index < -0.39 is 0 Å². The van der Waals surface area contributed by atoms with Crippen molar-refractivity contribution < 1.29 is 0 Å². The van der Waals surface area contributed by atoms with Crippen molar-refractivity contribution in [3.05, 3.63) is 0 Å².